The predicted molar refractivity (Wildman–Crippen MR) is 126 cm³/mol. The Labute approximate surface area is 191 Å². The van der Waals surface area contributed by atoms with Gasteiger partial charge in [-0.3, -0.25) is 9.13 Å². The highest BCUT2D eigenvalue weighted by atomic mass is 16.4. The van der Waals surface area contributed by atoms with E-state index in [0.29, 0.717) is 18.3 Å². The lowest BCUT2D eigenvalue weighted by Crippen LogP contribution is -2.45. The first-order valence-corrected chi connectivity index (χ1v) is 11.1. The molecule has 4 heterocycles. The summed E-state index contributed by atoms with van der Waals surface area (Å²) in [5, 5.41) is 7.90. The van der Waals surface area contributed by atoms with Gasteiger partial charge in [0.15, 0.2) is 0 Å². The summed E-state index contributed by atoms with van der Waals surface area (Å²) >= 11 is 0. The smallest absolute Gasteiger partial charge is 0.332 e. The molecule has 1 aliphatic heterocycles. The number of aromatic nitrogens is 5. The molecule has 1 saturated heterocycles. The second kappa shape index (κ2) is 9.03. The number of piperazine rings is 1. The van der Waals surface area contributed by atoms with Crippen LogP contribution in [0.3, 0.4) is 0 Å². The molecule has 5 rings (SSSR count). The van der Waals surface area contributed by atoms with Crippen LogP contribution < -0.4 is 10.6 Å². The van der Waals surface area contributed by atoms with Gasteiger partial charge in [-0.25, -0.2) is 9.78 Å². The van der Waals surface area contributed by atoms with Crippen molar-refractivity contribution in [3.63, 3.8) is 0 Å². The van der Waals surface area contributed by atoms with E-state index in [1.165, 1.54) is 5.56 Å². The summed E-state index contributed by atoms with van der Waals surface area (Å²) in [7, 11) is 2.15. The second-order valence-corrected chi connectivity index (χ2v) is 8.34. The van der Waals surface area contributed by atoms with E-state index in [4.69, 9.17) is 4.42 Å². The molecule has 0 saturated carbocycles. The van der Waals surface area contributed by atoms with Gasteiger partial charge >= 0.3 is 5.69 Å². The van der Waals surface area contributed by atoms with Crippen molar-refractivity contribution in [2.75, 3.05) is 38.1 Å². The number of hydrogen-bond donors (Lipinski definition) is 0. The summed E-state index contributed by atoms with van der Waals surface area (Å²) in [6, 6.07) is 11.6. The summed E-state index contributed by atoms with van der Waals surface area (Å²) in [5.74, 6) is 2.02. The quantitative estimate of drug-likeness (QED) is 0.450. The highest BCUT2D eigenvalue weighted by Gasteiger charge is 2.18. The third-order valence-corrected chi connectivity index (χ3v) is 6.06. The van der Waals surface area contributed by atoms with Gasteiger partial charge in [-0.15, -0.1) is 10.2 Å². The molecule has 1 fully saturated rings. The summed E-state index contributed by atoms with van der Waals surface area (Å²) in [4.78, 5) is 22.3. The van der Waals surface area contributed by atoms with E-state index < -0.39 is 0 Å². The Kier molecular flexibility index (Phi) is 5.78. The summed E-state index contributed by atoms with van der Waals surface area (Å²) < 4.78 is 8.86. The van der Waals surface area contributed by atoms with E-state index in [0.717, 1.165) is 49.7 Å². The molecule has 0 N–H and O–H groups in total. The Balaban J connectivity index is 1.30. The zero-order valence-corrected chi connectivity index (χ0v) is 18.9. The van der Waals surface area contributed by atoms with Gasteiger partial charge in [0.1, 0.15) is 5.82 Å². The van der Waals surface area contributed by atoms with E-state index in [1.54, 1.807) is 22.3 Å². The van der Waals surface area contributed by atoms with Crippen LogP contribution in [0, 0.1) is 6.92 Å². The Morgan fingerprint density at radius 1 is 1.00 bits per heavy atom. The van der Waals surface area contributed by atoms with Crippen LogP contribution in [0.2, 0.25) is 0 Å². The van der Waals surface area contributed by atoms with Gasteiger partial charge in [0.25, 0.3) is 0 Å². The van der Waals surface area contributed by atoms with Crippen molar-refractivity contribution in [2.45, 2.75) is 19.9 Å². The van der Waals surface area contributed by atoms with Crippen molar-refractivity contribution in [2.24, 2.45) is 0 Å². The van der Waals surface area contributed by atoms with Gasteiger partial charge in [-0.05, 0) is 49.4 Å². The topological polar surface area (TPSA) is 85.2 Å². The first-order valence-electron chi connectivity index (χ1n) is 11.1. The number of pyridine rings is 1. The standard InChI is InChI=1S/C24H27N7O2/c1-18-26-27-23(33-18)20-5-7-21(8-6-20)31-17-16-30(24(31)32)11-9-19-4-3-10-25-22(19)29-14-12-28(2)13-15-29/h3-8,10,16-17H,9,11-15H2,1-2H3. The van der Waals surface area contributed by atoms with Gasteiger partial charge in [-0.2, -0.15) is 0 Å². The molecule has 1 aromatic carbocycles. The Hall–Kier alpha value is -3.72. The molecule has 0 atom stereocenters. The number of likely N-dealkylation sites (N-methyl/N-ethyl adjacent to an activating group) is 1. The van der Waals surface area contributed by atoms with Gasteiger partial charge in [0.2, 0.25) is 11.8 Å². The van der Waals surface area contributed by atoms with Crippen molar-refractivity contribution >= 4 is 5.82 Å². The molecular formula is C24H27N7O2. The number of hydrogen-bond acceptors (Lipinski definition) is 7. The maximum absolute atomic E-state index is 13.0. The zero-order valence-electron chi connectivity index (χ0n) is 18.9. The lowest BCUT2D eigenvalue weighted by molar-refractivity contribution is 0.311. The van der Waals surface area contributed by atoms with Gasteiger partial charge < -0.3 is 14.2 Å². The predicted octanol–water partition coefficient (Wildman–Crippen LogP) is 2.39. The maximum atomic E-state index is 13.0. The highest BCUT2D eigenvalue weighted by molar-refractivity contribution is 5.55. The minimum Gasteiger partial charge on any atom is -0.421 e. The molecule has 0 aliphatic carbocycles. The van der Waals surface area contributed by atoms with Gasteiger partial charge in [-0.1, -0.05) is 6.07 Å². The van der Waals surface area contributed by atoms with Crippen molar-refractivity contribution in [3.05, 3.63) is 76.9 Å². The average molecular weight is 446 g/mol. The molecule has 0 bridgehead atoms. The summed E-state index contributed by atoms with van der Waals surface area (Å²) in [6.07, 6.45) is 6.23. The van der Waals surface area contributed by atoms with Crippen molar-refractivity contribution < 1.29 is 4.42 Å². The molecule has 3 aromatic heterocycles. The lowest BCUT2D eigenvalue weighted by Gasteiger charge is -2.34. The molecule has 0 unspecified atom stereocenters. The molecule has 1 aliphatic rings. The van der Waals surface area contributed by atoms with Crippen LogP contribution >= 0.6 is 0 Å². The Bertz CT molecular complexity index is 1280. The lowest BCUT2D eigenvalue weighted by atomic mass is 10.1. The number of nitrogens with zero attached hydrogens (tertiary/aromatic N) is 7. The van der Waals surface area contributed by atoms with Crippen molar-refractivity contribution in [1.82, 2.24) is 29.2 Å². The normalized spacial score (nSPS) is 14.7. The third kappa shape index (κ3) is 4.45. The largest absolute Gasteiger partial charge is 0.421 e. The minimum atomic E-state index is -0.0681. The van der Waals surface area contributed by atoms with E-state index in [9.17, 15) is 4.79 Å². The average Bonchev–Trinajstić information content (AvgIpc) is 3.44. The first-order chi connectivity index (χ1) is 16.1. The fourth-order valence-corrected chi connectivity index (χ4v) is 4.13. The molecule has 170 valence electrons. The fourth-order valence-electron chi connectivity index (χ4n) is 4.13. The van der Waals surface area contributed by atoms with Crippen LogP contribution in [-0.4, -0.2) is 62.4 Å². The van der Waals surface area contributed by atoms with E-state index in [-0.39, 0.29) is 5.69 Å². The molecule has 0 amide bonds. The SMILES string of the molecule is Cc1nnc(-c2ccc(-n3ccn(CCc4cccnc4N4CCN(C)CC4)c3=O)cc2)o1. The minimum absolute atomic E-state index is 0.0681. The highest BCUT2D eigenvalue weighted by Crippen LogP contribution is 2.21. The first kappa shape index (κ1) is 21.1. The number of rotatable bonds is 6. The zero-order chi connectivity index (χ0) is 22.8. The van der Waals surface area contributed by atoms with Crippen LogP contribution in [0.5, 0.6) is 0 Å². The maximum Gasteiger partial charge on any atom is 0.332 e. The number of benzene rings is 1. The molecule has 33 heavy (non-hydrogen) atoms. The Morgan fingerprint density at radius 2 is 1.79 bits per heavy atom. The third-order valence-electron chi connectivity index (χ3n) is 6.06. The molecule has 0 spiro atoms. The van der Waals surface area contributed by atoms with Crippen molar-refractivity contribution in [3.8, 4) is 17.1 Å². The van der Waals surface area contributed by atoms with Gasteiger partial charge in [0, 0.05) is 63.8 Å². The summed E-state index contributed by atoms with van der Waals surface area (Å²) in [6.45, 7) is 6.35. The van der Waals surface area contributed by atoms with Gasteiger partial charge in [0.05, 0.1) is 5.69 Å². The summed E-state index contributed by atoms with van der Waals surface area (Å²) in [5.41, 5.74) is 2.71. The Morgan fingerprint density at radius 3 is 2.52 bits per heavy atom. The van der Waals surface area contributed by atoms with E-state index in [1.807, 2.05) is 42.7 Å². The number of anilines is 1. The number of aryl methyl sites for hydroxylation is 3. The van der Waals surface area contributed by atoms with E-state index in [2.05, 4.69) is 38.1 Å². The van der Waals surface area contributed by atoms with E-state index >= 15 is 0 Å². The van der Waals surface area contributed by atoms with Crippen LogP contribution in [0.1, 0.15) is 11.5 Å². The van der Waals surface area contributed by atoms with Crippen LogP contribution in [0.25, 0.3) is 17.1 Å². The molecule has 0 radical (unpaired) electrons. The molecule has 9 heteroatoms. The second-order valence-electron chi connectivity index (χ2n) is 8.34. The molecular weight excluding hydrogens is 418 g/mol. The monoisotopic (exact) mass is 445 g/mol. The molecule has 9 nitrogen and oxygen atoms in total. The molecule has 4 aromatic rings. The number of imidazole rings is 1. The van der Waals surface area contributed by atoms with Crippen LogP contribution in [0.4, 0.5) is 5.82 Å². The van der Waals surface area contributed by atoms with Crippen LogP contribution in [-0.2, 0) is 13.0 Å². The van der Waals surface area contributed by atoms with Crippen molar-refractivity contribution in [1.29, 1.82) is 0 Å². The fraction of sp³-hybridized carbons (Fsp3) is 0.333. The van der Waals surface area contributed by atoms with Crippen LogP contribution in [0.15, 0.2) is 64.2 Å².